The molecule has 0 amide bonds. The van der Waals surface area contributed by atoms with Crippen molar-refractivity contribution in [3.8, 4) is 17.4 Å². The summed E-state index contributed by atoms with van der Waals surface area (Å²) < 4.78 is 15.5. The minimum absolute atomic E-state index is 0.223. The smallest absolute Gasteiger partial charge is 0.313 e. The molecule has 1 atom stereocenters. The molecule has 8 heteroatoms. The summed E-state index contributed by atoms with van der Waals surface area (Å²) >= 11 is 11.8. The number of carbonyl (C=O) groups excluding carboxylic acids is 2. The molecule has 1 aromatic heterocycles. The minimum atomic E-state index is -0.779. The van der Waals surface area contributed by atoms with Gasteiger partial charge in [-0.1, -0.05) is 23.2 Å². The minimum Gasteiger partial charge on any atom is -0.483 e. The van der Waals surface area contributed by atoms with Gasteiger partial charge in [0.25, 0.3) is 0 Å². The number of aromatic nitrogens is 1. The Labute approximate surface area is 154 Å². The van der Waals surface area contributed by atoms with E-state index in [1.54, 1.807) is 31.2 Å². The van der Waals surface area contributed by atoms with Crippen LogP contribution >= 0.6 is 23.2 Å². The molecule has 0 radical (unpaired) electrons. The van der Waals surface area contributed by atoms with E-state index in [0.717, 1.165) is 0 Å². The first-order valence-corrected chi connectivity index (χ1v) is 7.99. The quantitative estimate of drug-likeness (QED) is 0.529. The highest BCUT2D eigenvalue weighted by Gasteiger charge is 2.18. The van der Waals surface area contributed by atoms with Crippen LogP contribution in [0, 0.1) is 0 Å². The van der Waals surface area contributed by atoms with Gasteiger partial charge in [0.1, 0.15) is 22.9 Å². The van der Waals surface area contributed by atoms with Gasteiger partial charge in [0.15, 0.2) is 11.9 Å². The number of nitrogens with zero attached hydrogens (tertiary/aromatic N) is 1. The number of hydrogen-bond donors (Lipinski definition) is 0. The van der Waals surface area contributed by atoms with Crippen LogP contribution in [0.25, 0.3) is 0 Å². The monoisotopic (exact) mass is 383 g/mol. The van der Waals surface area contributed by atoms with E-state index in [-0.39, 0.29) is 23.1 Å². The van der Waals surface area contributed by atoms with Crippen LogP contribution in [0.15, 0.2) is 36.5 Å². The molecule has 6 nitrogen and oxygen atoms in total. The Kier molecular flexibility index (Phi) is 6.61. The number of benzene rings is 1. The van der Waals surface area contributed by atoms with Gasteiger partial charge in [-0.15, -0.1) is 0 Å². The summed E-state index contributed by atoms with van der Waals surface area (Å²) in [6.07, 6.45) is 0.312. The van der Waals surface area contributed by atoms with Crippen molar-refractivity contribution in [1.29, 1.82) is 0 Å². The number of esters is 1. The van der Waals surface area contributed by atoms with Crippen LogP contribution in [0.1, 0.15) is 13.3 Å². The van der Waals surface area contributed by atoms with Gasteiger partial charge in [0, 0.05) is 6.20 Å². The number of halogens is 2. The first-order chi connectivity index (χ1) is 11.9. The summed E-state index contributed by atoms with van der Waals surface area (Å²) in [6.45, 7) is 1.56. The van der Waals surface area contributed by atoms with Crippen LogP contribution in [0.4, 0.5) is 0 Å². The standard InChI is InChI=1S/C17H15Cl2NO5/c1-10(15(21)8-16(22)23-2)24-12-3-5-13(6-4-12)25-17-14(19)7-11(18)9-20-17/h3-7,9-10H,8H2,1-2H3. The predicted molar refractivity (Wildman–Crippen MR) is 92.5 cm³/mol. The second-order valence-corrected chi connectivity index (χ2v) is 5.84. The first-order valence-electron chi connectivity index (χ1n) is 7.24. The number of rotatable bonds is 7. The third-order valence-corrected chi connectivity index (χ3v) is 3.60. The van der Waals surface area contributed by atoms with Gasteiger partial charge in [-0.2, -0.15) is 0 Å². The maximum atomic E-state index is 11.8. The lowest BCUT2D eigenvalue weighted by atomic mass is 10.2. The van der Waals surface area contributed by atoms with E-state index >= 15 is 0 Å². The molecule has 132 valence electrons. The molecule has 2 aromatic rings. The second kappa shape index (κ2) is 8.69. The fraction of sp³-hybridized carbons (Fsp3) is 0.235. The van der Waals surface area contributed by atoms with Crippen LogP contribution in [0.3, 0.4) is 0 Å². The second-order valence-electron chi connectivity index (χ2n) is 4.99. The number of pyridine rings is 1. The third kappa shape index (κ3) is 5.62. The number of ether oxygens (including phenoxy) is 3. The molecule has 0 saturated carbocycles. The highest BCUT2D eigenvalue weighted by Crippen LogP contribution is 2.30. The van der Waals surface area contributed by atoms with Crippen molar-refractivity contribution >= 4 is 35.0 Å². The van der Waals surface area contributed by atoms with Gasteiger partial charge in [-0.3, -0.25) is 9.59 Å². The van der Waals surface area contributed by atoms with E-state index in [1.807, 2.05) is 0 Å². The van der Waals surface area contributed by atoms with Gasteiger partial charge >= 0.3 is 5.97 Å². The van der Waals surface area contributed by atoms with Crippen molar-refractivity contribution in [1.82, 2.24) is 4.98 Å². The summed E-state index contributed by atoms with van der Waals surface area (Å²) in [6, 6.07) is 8.05. The Hall–Kier alpha value is -2.31. The zero-order chi connectivity index (χ0) is 18.4. The van der Waals surface area contributed by atoms with Crippen LogP contribution in [-0.4, -0.2) is 30.0 Å². The van der Waals surface area contributed by atoms with Gasteiger partial charge in [0.2, 0.25) is 5.88 Å². The maximum absolute atomic E-state index is 11.8. The number of Topliss-reactive ketones (excluding diaryl/α,β-unsaturated/α-hetero) is 1. The predicted octanol–water partition coefficient (Wildman–Crippen LogP) is 4.08. The largest absolute Gasteiger partial charge is 0.483 e. The van der Waals surface area contributed by atoms with Crippen LogP contribution in [0.2, 0.25) is 10.0 Å². The molecule has 0 spiro atoms. The van der Waals surface area contributed by atoms with Crippen molar-refractivity contribution in [2.75, 3.05) is 7.11 Å². The molecule has 2 rings (SSSR count). The number of hydrogen-bond acceptors (Lipinski definition) is 6. The number of methoxy groups -OCH3 is 1. The molecule has 25 heavy (non-hydrogen) atoms. The lowest BCUT2D eigenvalue weighted by Gasteiger charge is -2.13. The van der Waals surface area contributed by atoms with Gasteiger partial charge < -0.3 is 14.2 Å². The zero-order valence-electron chi connectivity index (χ0n) is 13.5. The molecule has 0 saturated heterocycles. The van der Waals surface area contributed by atoms with Crippen molar-refractivity contribution < 1.29 is 23.8 Å². The number of carbonyl (C=O) groups is 2. The highest BCUT2D eigenvalue weighted by molar-refractivity contribution is 6.35. The molecule has 0 fully saturated rings. The molecule has 0 aliphatic heterocycles. The normalized spacial score (nSPS) is 11.5. The molecule has 0 aliphatic rings. The van der Waals surface area contributed by atoms with Crippen LogP contribution in [0.5, 0.6) is 17.4 Å². The van der Waals surface area contributed by atoms with Crippen LogP contribution in [-0.2, 0) is 14.3 Å². The van der Waals surface area contributed by atoms with Crippen molar-refractivity contribution in [2.24, 2.45) is 0 Å². The number of ketones is 1. The fourth-order valence-corrected chi connectivity index (χ4v) is 2.22. The van der Waals surface area contributed by atoms with Crippen molar-refractivity contribution in [3.63, 3.8) is 0 Å². The SMILES string of the molecule is COC(=O)CC(=O)C(C)Oc1ccc(Oc2ncc(Cl)cc2Cl)cc1. The highest BCUT2D eigenvalue weighted by atomic mass is 35.5. The van der Waals surface area contributed by atoms with Gasteiger partial charge in [-0.25, -0.2) is 4.98 Å². The summed E-state index contributed by atoms with van der Waals surface area (Å²) in [5, 5.41) is 0.696. The summed E-state index contributed by atoms with van der Waals surface area (Å²) in [5.74, 6) is 0.188. The average molecular weight is 384 g/mol. The van der Waals surface area contributed by atoms with Gasteiger partial charge in [0.05, 0.1) is 12.1 Å². The molecule has 1 unspecified atom stereocenters. The molecule has 0 N–H and O–H groups in total. The van der Waals surface area contributed by atoms with E-state index < -0.39 is 12.1 Å². The summed E-state index contributed by atoms with van der Waals surface area (Å²) in [4.78, 5) is 26.9. The Morgan fingerprint density at radius 1 is 1.16 bits per heavy atom. The first kappa shape index (κ1) is 19.0. The molecule has 1 aromatic carbocycles. The Morgan fingerprint density at radius 2 is 1.80 bits per heavy atom. The van der Waals surface area contributed by atoms with E-state index in [4.69, 9.17) is 32.7 Å². The van der Waals surface area contributed by atoms with E-state index in [9.17, 15) is 9.59 Å². The summed E-state index contributed by atoms with van der Waals surface area (Å²) in [7, 11) is 1.22. The Bertz CT molecular complexity index is 764. The average Bonchev–Trinajstić information content (AvgIpc) is 2.58. The van der Waals surface area contributed by atoms with Crippen molar-refractivity contribution in [3.05, 3.63) is 46.6 Å². The zero-order valence-corrected chi connectivity index (χ0v) is 15.0. The van der Waals surface area contributed by atoms with Gasteiger partial charge in [-0.05, 0) is 37.3 Å². The van der Waals surface area contributed by atoms with Crippen LogP contribution < -0.4 is 9.47 Å². The molecule has 1 heterocycles. The lowest BCUT2D eigenvalue weighted by molar-refractivity contribution is -0.144. The molecular formula is C17H15Cl2NO5. The van der Waals surface area contributed by atoms with E-state index in [2.05, 4.69) is 9.72 Å². The maximum Gasteiger partial charge on any atom is 0.313 e. The summed E-state index contributed by atoms with van der Waals surface area (Å²) in [5.41, 5.74) is 0. The third-order valence-electron chi connectivity index (χ3n) is 3.12. The molecular weight excluding hydrogens is 369 g/mol. The Balaban J connectivity index is 1.97. The Morgan fingerprint density at radius 3 is 2.40 bits per heavy atom. The van der Waals surface area contributed by atoms with E-state index in [0.29, 0.717) is 16.5 Å². The molecule has 0 aliphatic carbocycles. The van der Waals surface area contributed by atoms with Crippen molar-refractivity contribution in [2.45, 2.75) is 19.4 Å². The lowest BCUT2D eigenvalue weighted by Crippen LogP contribution is -2.26. The fourth-order valence-electron chi connectivity index (χ4n) is 1.80. The molecule has 0 bridgehead atoms. The topological polar surface area (TPSA) is 74.7 Å². The van der Waals surface area contributed by atoms with E-state index in [1.165, 1.54) is 19.4 Å².